The van der Waals surface area contributed by atoms with Gasteiger partial charge in [-0.1, -0.05) is 24.3 Å². The number of carbonyl (C=O) groups excluding carboxylic acids is 2. The zero-order valence-corrected chi connectivity index (χ0v) is 22.8. The van der Waals surface area contributed by atoms with Gasteiger partial charge in [0.05, 0.1) is 55.4 Å². The maximum absolute atomic E-state index is 12.5. The van der Waals surface area contributed by atoms with Crippen LogP contribution in [-0.4, -0.2) is 44.1 Å². The van der Waals surface area contributed by atoms with Gasteiger partial charge in [0.2, 0.25) is 0 Å². The van der Waals surface area contributed by atoms with Gasteiger partial charge in [0.1, 0.15) is 11.5 Å². The molecular formula is C28H16N6O12. The van der Waals surface area contributed by atoms with Crippen LogP contribution in [-0.2, 0) is 0 Å². The predicted molar refractivity (Wildman–Crippen MR) is 157 cm³/mol. The summed E-state index contributed by atoms with van der Waals surface area (Å²) in [6.45, 7) is 0. The van der Waals surface area contributed by atoms with Crippen molar-refractivity contribution in [3.63, 3.8) is 0 Å². The topological polar surface area (TPSA) is 250 Å². The number of esters is 2. The van der Waals surface area contributed by atoms with Crippen LogP contribution in [0.15, 0.2) is 95.1 Å². The summed E-state index contributed by atoms with van der Waals surface area (Å²) in [5.41, 5.74) is -2.58. The second-order valence-corrected chi connectivity index (χ2v) is 8.92. The Morgan fingerprint density at radius 1 is 0.522 bits per heavy atom. The van der Waals surface area contributed by atoms with Crippen LogP contribution in [0.2, 0.25) is 0 Å². The second-order valence-electron chi connectivity index (χ2n) is 8.92. The fourth-order valence-electron chi connectivity index (χ4n) is 3.70. The second kappa shape index (κ2) is 13.8. The summed E-state index contributed by atoms with van der Waals surface area (Å²) < 4.78 is 10.4. The summed E-state index contributed by atoms with van der Waals surface area (Å²) in [6.07, 6.45) is 2.59. The van der Waals surface area contributed by atoms with Crippen LogP contribution < -0.4 is 9.47 Å². The molecule has 4 rings (SSSR count). The molecule has 18 heteroatoms. The quantitative estimate of drug-likeness (QED) is 0.0682. The molecule has 4 aromatic carbocycles. The number of carbonyl (C=O) groups is 2. The Kier molecular flexibility index (Phi) is 9.52. The lowest BCUT2D eigenvalue weighted by Crippen LogP contribution is -2.10. The van der Waals surface area contributed by atoms with Crippen LogP contribution in [0.1, 0.15) is 31.8 Å². The van der Waals surface area contributed by atoms with Gasteiger partial charge in [0.15, 0.2) is 0 Å². The average Bonchev–Trinajstić information content (AvgIpc) is 3.03. The highest BCUT2D eigenvalue weighted by Crippen LogP contribution is 2.25. The van der Waals surface area contributed by atoms with E-state index in [9.17, 15) is 50.0 Å². The Hall–Kier alpha value is -7.24. The molecule has 230 valence electrons. The monoisotopic (exact) mass is 628 g/mol. The van der Waals surface area contributed by atoms with Gasteiger partial charge in [-0.15, -0.1) is 0 Å². The lowest BCUT2D eigenvalue weighted by Gasteiger charge is -2.05. The standard InChI is InChI=1S/C28H16N6O12/c35-27(19-9-21(31(37)38)13-22(10-19)32(39)40)45-25-5-1-3-17(7-25)15-29-30-16-18-4-2-6-26(8-18)46-28(36)20-11-23(33(41)42)14-24(12-20)34(43)44/h1-16H. The van der Waals surface area contributed by atoms with E-state index in [0.29, 0.717) is 23.3 Å². The van der Waals surface area contributed by atoms with Crippen molar-refractivity contribution in [1.82, 2.24) is 0 Å². The number of nitro groups is 4. The number of non-ortho nitro benzene ring substituents is 4. The lowest BCUT2D eigenvalue weighted by atomic mass is 10.1. The van der Waals surface area contributed by atoms with E-state index in [1.807, 2.05) is 0 Å². The molecule has 46 heavy (non-hydrogen) atoms. The number of hydrogen-bond donors (Lipinski definition) is 0. The Bertz CT molecular complexity index is 1770. The third-order valence-corrected chi connectivity index (χ3v) is 5.74. The molecule has 0 aliphatic rings. The molecule has 0 atom stereocenters. The van der Waals surface area contributed by atoms with E-state index in [1.54, 1.807) is 12.1 Å². The summed E-state index contributed by atoms with van der Waals surface area (Å²) >= 11 is 0. The normalized spacial score (nSPS) is 10.9. The van der Waals surface area contributed by atoms with Crippen molar-refractivity contribution in [2.24, 2.45) is 10.2 Å². The maximum atomic E-state index is 12.5. The molecule has 0 saturated heterocycles. The van der Waals surface area contributed by atoms with Gasteiger partial charge >= 0.3 is 11.9 Å². The van der Waals surface area contributed by atoms with E-state index in [0.717, 1.165) is 24.3 Å². The smallest absolute Gasteiger partial charge is 0.344 e. The fourth-order valence-corrected chi connectivity index (χ4v) is 3.70. The number of benzene rings is 4. The summed E-state index contributed by atoms with van der Waals surface area (Å²) in [7, 11) is 0. The van der Waals surface area contributed by atoms with E-state index >= 15 is 0 Å². The largest absolute Gasteiger partial charge is 0.423 e. The molecule has 0 spiro atoms. The van der Waals surface area contributed by atoms with Crippen LogP contribution in [0.25, 0.3) is 0 Å². The van der Waals surface area contributed by atoms with Crippen molar-refractivity contribution in [2.75, 3.05) is 0 Å². The molecule has 0 aromatic heterocycles. The number of hydrogen-bond acceptors (Lipinski definition) is 14. The number of nitro benzene ring substituents is 4. The van der Waals surface area contributed by atoms with Crippen LogP contribution in [0.3, 0.4) is 0 Å². The van der Waals surface area contributed by atoms with Gasteiger partial charge in [-0.05, 0) is 35.4 Å². The molecule has 4 aromatic rings. The molecule has 0 radical (unpaired) electrons. The number of rotatable bonds is 11. The first-order chi connectivity index (χ1) is 21.9. The molecule has 0 fully saturated rings. The van der Waals surface area contributed by atoms with Gasteiger partial charge in [-0.2, -0.15) is 10.2 Å². The third-order valence-electron chi connectivity index (χ3n) is 5.74. The molecule has 18 nitrogen and oxygen atoms in total. The van der Waals surface area contributed by atoms with Crippen LogP contribution in [0.5, 0.6) is 11.5 Å². The fraction of sp³-hybridized carbons (Fsp3) is 0. The molecular weight excluding hydrogens is 612 g/mol. The van der Waals surface area contributed by atoms with E-state index in [4.69, 9.17) is 9.47 Å². The van der Waals surface area contributed by atoms with E-state index in [1.165, 1.54) is 48.8 Å². The SMILES string of the molecule is O=C(Oc1cccc(C=NN=Cc2cccc(OC(=O)c3cc([N+](=O)[O-])cc([N+](=O)[O-])c3)c2)c1)c1cc([N+](=O)[O-])cc([N+](=O)[O-])c1. The van der Waals surface area contributed by atoms with E-state index in [-0.39, 0.29) is 11.5 Å². The van der Waals surface area contributed by atoms with Crippen molar-refractivity contribution in [3.8, 4) is 11.5 Å². The minimum atomic E-state index is -1.07. The predicted octanol–water partition coefficient (Wildman–Crippen LogP) is 5.21. The van der Waals surface area contributed by atoms with Gasteiger partial charge in [-0.3, -0.25) is 40.5 Å². The van der Waals surface area contributed by atoms with Crippen LogP contribution >= 0.6 is 0 Å². The molecule has 0 bridgehead atoms. The van der Waals surface area contributed by atoms with Gasteiger partial charge in [0.25, 0.3) is 22.7 Å². The van der Waals surface area contributed by atoms with Crippen molar-refractivity contribution in [3.05, 3.63) is 148 Å². The molecule has 0 aliphatic heterocycles. The van der Waals surface area contributed by atoms with Crippen LogP contribution in [0, 0.1) is 40.5 Å². The Balaban J connectivity index is 1.42. The van der Waals surface area contributed by atoms with E-state index in [2.05, 4.69) is 10.2 Å². The molecule has 0 unspecified atom stereocenters. The Morgan fingerprint density at radius 2 is 0.848 bits per heavy atom. The summed E-state index contributed by atoms with van der Waals surface area (Å²) in [5.74, 6) is -2.11. The minimum absolute atomic E-state index is 0.00989. The van der Waals surface area contributed by atoms with Crippen molar-refractivity contribution in [2.45, 2.75) is 0 Å². The van der Waals surface area contributed by atoms with Crippen LogP contribution in [0.4, 0.5) is 22.7 Å². The summed E-state index contributed by atoms with van der Waals surface area (Å²) in [5, 5.41) is 52.1. The summed E-state index contributed by atoms with van der Waals surface area (Å²) in [4.78, 5) is 65.9. The summed E-state index contributed by atoms with van der Waals surface area (Å²) in [6, 6.07) is 16.6. The highest BCUT2D eigenvalue weighted by atomic mass is 16.6. The molecule has 0 N–H and O–H groups in total. The van der Waals surface area contributed by atoms with Gasteiger partial charge < -0.3 is 9.47 Å². The maximum Gasteiger partial charge on any atom is 0.344 e. The number of ether oxygens (including phenoxy) is 2. The van der Waals surface area contributed by atoms with Crippen molar-refractivity contribution < 1.29 is 38.8 Å². The zero-order chi connectivity index (χ0) is 33.4. The minimum Gasteiger partial charge on any atom is -0.423 e. The average molecular weight is 628 g/mol. The van der Waals surface area contributed by atoms with Crippen molar-refractivity contribution >= 4 is 47.1 Å². The number of nitrogens with zero attached hydrogens (tertiary/aromatic N) is 6. The van der Waals surface area contributed by atoms with Gasteiger partial charge in [-0.25, -0.2) is 9.59 Å². The Labute approximate surface area is 255 Å². The molecule has 0 aliphatic carbocycles. The van der Waals surface area contributed by atoms with Gasteiger partial charge in [0, 0.05) is 24.3 Å². The lowest BCUT2D eigenvalue weighted by molar-refractivity contribution is -0.394. The first-order valence-corrected chi connectivity index (χ1v) is 12.5. The molecule has 0 amide bonds. The molecule has 0 heterocycles. The van der Waals surface area contributed by atoms with E-state index < -0.39 is 65.5 Å². The first-order valence-electron chi connectivity index (χ1n) is 12.5. The van der Waals surface area contributed by atoms with Crippen molar-refractivity contribution in [1.29, 1.82) is 0 Å². The third kappa shape index (κ3) is 8.19. The zero-order valence-electron chi connectivity index (χ0n) is 22.8. The Morgan fingerprint density at radius 3 is 1.15 bits per heavy atom. The first kappa shape index (κ1) is 31.7. The highest BCUT2D eigenvalue weighted by Gasteiger charge is 2.22. The molecule has 0 saturated carbocycles. The highest BCUT2D eigenvalue weighted by molar-refractivity contribution is 5.94.